The third-order valence-corrected chi connectivity index (χ3v) is 1.66. The summed E-state index contributed by atoms with van der Waals surface area (Å²) < 4.78 is 5.01. The van der Waals surface area contributed by atoms with Gasteiger partial charge in [0.05, 0.1) is 11.5 Å². The third kappa shape index (κ3) is 2.43. The molecule has 0 spiro atoms. The first kappa shape index (κ1) is 10.5. The van der Waals surface area contributed by atoms with Crippen LogP contribution in [0.3, 0.4) is 0 Å². The number of benzene rings is 1. The van der Waals surface area contributed by atoms with Crippen LogP contribution >= 0.6 is 0 Å². The van der Waals surface area contributed by atoms with Crippen LogP contribution in [-0.2, 0) is 0 Å². The minimum absolute atomic E-state index is 0.0594. The second kappa shape index (κ2) is 4.57. The molecule has 0 heterocycles. The molecule has 0 aliphatic carbocycles. The lowest BCUT2D eigenvalue weighted by atomic mass is 10.2. The molecule has 0 radical (unpaired) electrons. The first-order valence-electron chi connectivity index (χ1n) is 4.14. The Morgan fingerprint density at radius 2 is 2.29 bits per heavy atom. The fourth-order valence-corrected chi connectivity index (χ4v) is 1.05. The fourth-order valence-electron chi connectivity index (χ4n) is 1.05. The summed E-state index contributed by atoms with van der Waals surface area (Å²) in [7, 11) is 0. The van der Waals surface area contributed by atoms with Crippen LogP contribution in [0.4, 0.5) is 5.69 Å². The summed E-state index contributed by atoms with van der Waals surface area (Å²) in [6.45, 7) is 1.66. The minimum Gasteiger partial charge on any atom is -0.484 e. The molecule has 0 aliphatic heterocycles. The van der Waals surface area contributed by atoms with Gasteiger partial charge in [-0.2, -0.15) is 0 Å². The normalized spacial score (nSPS) is 9.86. The predicted octanol–water partition coefficient (Wildman–Crippen LogP) is 1.27. The van der Waals surface area contributed by atoms with Gasteiger partial charge in [0, 0.05) is 6.07 Å². The van der Waals surface area contributed by atoms with Gasteiger partial charge in [-0.25, -0.2) is 0 Å². The zero-order valence-electron chi connectivity index (χ0n) is 7.77. The molecule has 0 saturated carbocycles. The molecule has 1 N–H and O–H groups in total. The molecule has 0 fully saturated rings. The maximum Gasteiger partial charge on any atom is 0.311 e. The number of hydrogen-bond acceptors (Lipinski definition) is 4. The summed E-state index contributed by atoms with van der Waals surface area (Å²) in [6.07, 6.45) is 0. The molecule has 0 amide bonds. The van der Waals surface area contributed by atoms with Gasteiger partial charge >= 0.3 is 5.69 Å². The van der Waals surface area contributed by atoms with Gasteiger partial charge < -0.3 is 9.84 Å². The average Bonchev–Trinajstić information content (AvgIpc) is 2.15. The Labute approximate surface area is 81.1 Å². The van der Waals surface area contributed by atoms with Gasteiger partial charge in [0.25, 0.3) is 0 Å². The van der Waals surface area contributed by atoms with Crippen molar-refractivity contribution in [3.63, 3.8) is 0 Å². The Balaban J connectivity index is 2.96. The molecule has 14 heavy (non-hydrogen) atoms. The fraction of sp³-hybridized carbons (Fsp3) is 0.333. The number of rotatable bonds is 4. The van der Waals surface area contributed by atoms with E-state index in [0.717, 1.165) is 5.56 Å². The maximum atomic E-state index is 10.6. The standard InChI is InChI=1S/C9H11NO4/c1-7-2-3-9(14-5-4-11)8(6-7)10(12)13/h2-3,6,11H,4-5H2,1H3. The lowest BCUT2D eigenvalue weighted by Crippen LogP contribution is -2.03. The number of ether oxygens (including phenoxy) is 1. The zero-order valence-corrected chi connectivity index (χ0v) is 7.77. The van der Waals surface area contributed by atoms with Crippen molar-refractivity contribution in [2.75, 3.05) is 13.2 Å². The molecule has 5 heteroatoms. The van der Waals surface area contributed by atoms with Crippen molar-refractivity contribution in [3.8, 4) is 5.75 Å². The molecule has 1 aromatic rings. The van der Waals surface area contributed by atoms with Crippen LogP contribution in [0.15, 0.2) is 18.2 Å². The summed E-state index contributed by atoms with van der Waals surface area (Å²) in [6, 6.07) is 4.69. The van der Waals surface area contributed by atoms with Gasteiger partial charge in [-0.1, -0.05) is 6.07 Å². The number of nitrogens with zero attached hydrogens (tertiary/aromatic N) is 1. The molecule has 0 aromatic heterocycles. The Morgan fingerprint density at radius 1 is 1.57 bits per heavy atom. The highest BCUT2D eigenvalue weighted by molar-refractivity contribution is 5.48. The number of aliphatic hydroxyl groups excluding tert-OH is 1. The van der Waals surface area contributed by atoms with E-state index < -0.39 is 4.92 Å². The smallest absolute Gasteiger partial charge is 0.311 e. The lowest BCUT2D eigenvalue weighted by molar-refractivity contribution is -0.385. The van der Waals surface area contributed by atoms with Crippen LogP contribution in [0.2, 0.25) is 0 Å². The van der Waals surface area contributed by atoms with Crippen molar-refractivity contribution in [1.29, 1.82) is 0 Å². The first-order chi connectivity index (χ1) is 6.65. The SMILES string of the molecule is Cc1ccc(OCCO)c([N+](=O)[O-])c1. The van der Waals surface area contributed by atoms with Gasteiger partial charge in [-0.3, -0.25) is 10.1 Å². The number of aryl methyl sites for hydroxylation is 1. The average molecular weight is 197 g/mol. The van der Waals surface area contributed by atoms with E-state index in [0.29, 0.717) is 0 Å². The van der Waals surface area contributed by atoms with E-state index in [1.165, 1.54) is 12.1 Å². The summed E-state index contributed by atoms with van der Waals surface area (Å²) in [5.74, 6) is 0.189. The summed E-state index contributed by atoms with van der Waals surface area (Å²) in [5.41, 5.74) is 0.728. The van der Waals surface area contributed by atoms with E-state index >= 15 is 0 Å². The molecule has 0 atom stereocenters. The van der Waals surface area contributed by atoms with Gasteiger partial charge in [0.2, 0.25) is 0 Å². The number of aliphatic hydroxyl groups is 1. The summed E-state index contributed by atoms with van der Waals surface area (Å²) in [5, 5.41) is 19.1. The maximum absolute atomic E-state index is 10.6. The Morgan fingerprint density at radius 3 is 2.86 bits per heavy atom. The van der Waals surface area contributed by atoms with Gasteiger partial charge in [-0.15, -0.1) is 0 Å². The van der Waals surface area contributed by atoms with Crippen molar-refractivity contribution in [1.82, 2.24) is 0 Å². The summed E-state index contributed by atoms with van der Waals surface area (Å²) in [4.78, 5) is 10.1. The monoisotopic (exact) mass is 197 g/mol. The molecule has 0 aliphatic rings. The van der Waals surface area contributed by atoms with E-state index in [9.17, 15) is 10.1 Å². The molecule has 0 saturated heterocycles. The Bertz CT molecular complexity index is 338. The third-order valence-electron chi connectivity index (χ3n) is 1.66. The second-order valence-corrected chi connectivity index (χ2v) is 2.80. The van der Waals surface area contributed by atoms with Crippen molar-refractivity contribution >= 4 is 5.69 Å². The second-order valence-electron chi connectivity index (χ2n) is 2.80. The van der Waals surface area contributed by atoms with E-state index in [1.807, 2.05) is 0 Å². The van der Waals surface area contributed by atoms with Gasteiger partial charge in [-0.05, 0) is 18.6 Å². The highest BCUT2D eigenvalue weighted by Crippen LogP contribution is 2.27. The quantitative estimate of drug-likeness (QED) is 0.582. The van der Waals surface area contributed by atoms with Crippen molar-refractivity contribution < 1.29 is 14.8 Å². The Kier molecular flexibility index (Phi) is 3.41. The van der Waals surface area contributed by atoms with Gasteiger partial charge in [0.15, 0.2) is 5.75 Å². The Hall–Kier alpha value is -1.62. The van der Waals surface area contributed by atoms with E-state index in [-0.39, 0.29) is 24.7 Å². The molecular formula is C9H11NO4. The largest absolute Gasteiger partial charge is 0.484 e. The van der Waals surface area contributed by atoms with Crippen LogP contribution in [-0.4, -0.2) is 23.2 Å². The van der Waals surface area contributed by atoms with Crippen molar-refractivity contribution in [2.45, 2.75) is 6.92 Å². The summed E-state index contributed by atoms with van der Waals surface area (Å²) >= 11 is 0. The molecular weight excluding hydrogens is 186 g/mol. The number of hydrogen-bond donors (Lipinski definition) is 1. The lowest BCUT2D eigenvalue weighted by Gasteiger charge is -2.04. The first-order valence-corrected chi connectivity index (χ1v) is 4.14. The number of nitro groups is 1. The van der Waals surface area contributed by atoms with Crippen LogP contribution < -0.4 is 4.74 Å². The highest BCUT2D eigenvalue weighted by Gasteiger charge is 2.14. The van der Waals surface area contributed by atoms with E-state index in [2.05, 4.69) is 0 Å². The molecule has 1 rings (SSSR count). The minimum atomic E-state index is -0.500. The molecule has 0 bridgehead atoms. The molecule has 1 aromatic carbocycles. The zero-order chi connectivity index (χ0) is 10.6. The molecule has 76 valence electrons. The van der Waals surface area contributed by atoms with Crippen molar-refractivity contribution in [2.24, 2.45) is 0 Å². The molecule has 5 nitrogen and oxygen atoms in total. The number of nitro benzene ring substituents is 1. The van der Waals surface area contributed by atoms with Crippen LogP contribution in [0.5, 0.6) is 5.75 Å². The topological polar surface area (TPSA) is 72.6 Å². The van der Waals surface area contributed by atoms with Crippen LogP contribution in [0.1, 0.15) is 5.56 Å². The predicted molar refractivity (Wildman–Crippen MR) is 50.4 cm³/mol. The van der Waals surface area contributed by atoms with E-state index in [4.69, 9.17) is 9.84 Å². The van der Waals surface area contributed by atoms with E-state index in [1.54, 1.807) is 13.0 Å². The van der Waals surface area contributed by atoms with Crippen LogP contribution in [0, 0.1) is 17.0 Å². The molecule has 0 unspecified atom stereocenters. The van der Waals surface area contributed by atoms with Crippen molar-refractivity contribution in [3.05, 3.63) is 33.9 Å². The van der Waals surface area contributed by atoms with Gasteiger partial charge in [0.1, 0.15) is 6.61 Å². The van der Waals surface area contributed by atoms with Crippen LogP contribution in [0.25, 0.3) is 0 Å². The highest BCUT2D eigenvalue weighted by atomic mass is 16.6.